The summed E-state index contributed by atoms with van der Waals surface area (Å²) in [5.41, 5.74) is 6.53. The lowest BCUT2D eigenvalue weighted by Gasteiger charge is -2.21. The lowest BCUT2D eigenvalue weighted by molar-refractivity contribution is -0.120. The van der Waals surface area contributed by atoms with E-state index in [-0.39, 0.29) is 5.82 Å². The molecule has 112 valence electrons. The number of carbonyl (C=O) groups is 1. The maximum absolute atomic E-state index is 13.6. The first-order valence-corrected chi connectivity index (χ1v) is 7.00. The number of primary amides is 1. The number of nitrogens with zero attached hydrogens (tertiary/aromatic N) is 1. The zero-order valence-corrected chi connectivity index (χ0v) is 12.4. The molecule has 1 amide bonds. The van der Waals surface area contributed by atoms with Gasteiger partial charge in [0.15, 0.2) is 0 Å². The monoisotopic (exact) mass is 281 g/mol. The first-order chi connectivity index (χ1) is 9.49. The van der Waals surface area contributed by atoms with Gasteiger partial charge in [0.1, 0.15) is 11.9 Å². The summed E-state index contributed by atoms with van der Waals surface area (Å²) in [7, 11) is 0. The number of aryl methyl sites for hydroxylation is 1. The molecule has 0 bridgehead atoms. The summed E-state index contributed by atoms with van der Waals surface area (Å²) in [6.45, 7) is 9.23. The molecule has 5 heteroatoms. The molecule has 0 saturated heterocycles. The molecule has 0 radical (unpaired) electrons. The highest BCUT2D eigenvalue weighted by Crippen LogP contribution is 2.16. The van der Waals surface area contributed by atoms with Crippen molar-refractivity contribution in [3.8, 4) is 0 Å². The van der Waals surface area contributed by atoms with Crippen LogP contribution in [0.2, 0.25) is 0 Å². The maximum atomic E-state index is 13.6. The molecule has 1 atom stereocenters. The maximum Gasteiger partial charge on any atom is 0.239 e. The molecule has 1 aromatic carbocycles. The van der Waals surface area contributed by atoms with Crippen molar-refractivity contribution in [2.75, 3.05) is 26.2 Å². The van der Waals surface area contributed by atoms with Crippen LogP contribution in [-0.4, -0.2) is 37.0 Å². The largest absolute Gasteiger partial charge is 0.368 e. The van der Waals surface area contributed by atoms with Gasteiger partial charge in [0, 0.05) is 13.1 Å². The summed E-state index contributed by atoms with van der Waals surface area (Å²) in [4.78, 5) is 13.8. The number of hydrogen-bond acceptors (Lipinski definition) is 3. The van der Waals surface area contributed by atoms with E-state index in [1.807, 2.05) is 0 Å². The zero-order chi connectivity index (χ0) is 15.1. The minimum Gasteiger partial charge on any atom is -0.368 e. The van der Waals surface area contributed by atoms with Crippen molar-refractivity contribution in [3.05, 3.63) is 35.1 Å². The van der Waals surface area contributed by atoms with Crippen molar-refractivity contribution in [3.63, 3.8) is 0 Å². The van der Waals surface area contributed by atoms with Crippen LogP contribution < -0.4 is 11.1 Å². The second-order valence-electron chi connectivity index (χ2n) is 4.83. The van der Waals surface area contributed by atoms with Crippen LogP contribution >= 0.6 is 0 Å². The van der Waals surface area contributed by atoms with Crippen LogP contribution in [0.15, 0.2) is 18.2 Å². The summed E-state index contributed by atoms with van der Waals surface area (Å²) in [5, 5.41) is 3.10. The third kappa shape index (κ3) is 4.58. The summed E-state index contributed by atoms with van der Waals surface area (Å²) in [6, 6.07) is 4.11. The van der Waals surface area contributed by atoms with Gasteiger partial charge < -0.3 is 16.0 Å². The van der Waals surface area contributed by atoms with E-state index < -0.39 is 11.9 Å². The van der Waals surface area contributed by atoms with Gasteiger partial charge >= 0.3 is 0 Å². The summed E-state index contributed by atoms with van der Waals surface area (Å²) >= 11 is 0. The van der Waals surface area contributed by atoms with Crippen molar-refractivity contribution >= 4 is 5.91 Å². The Kier molecular flexibility index (Phi) is 6.61. The molecule has 0 saturated carbocycles. The number of nitrogens with two attached hydrogens (primary N) is 1. The molecule has 0 aliphatic heterocycles. The smallest absolute Gasteiger partial charge is 0.239 e. The number of likely N-dealkylation sites (N-methyl/N-ethyl adjacent to an activating group) is 1. The predicted molar refractivity (Wildman–Crippen MR) is 78.9 cm³/mol. The average molecular weight is 281 g/mol. The van der Waals surface area contributed by atoms with Gasteiger partial charge in [-0.2, -0.15) is 0 Å². The molecule has 0 aliphatic rings. The minimum atomic E-state index is -0.652. The summed E-state index contributed by atoms with van der Waals surface area (Å²) in [5.74, 6) is -0.813. The number of hydrogen-bond donors (Lipinski definition) is 2. The highest BCUT2D eigenvalue weighted by molar-refractivity contribution is 5.81. The Morgan fingerprint density at radius 1 is 1.40 bits per heavy atom. The van der Waals surface area contributed by atoms with Crippen molar-refractivity contribution in [1.82, 2.24) is 10.2 Å². The zero-order valence-electron chi connectivity index (χ0n) is 12.4. The van der Waals surface area contributed by atoms with Gasteiger partial charge in [-0.05, 0) is 37.2 Å². The molecule has 0 spiro atoms. The molecule has 1 rings (SSSR count). The van der Waals surface area contributed by atoms with E-state index in [2.05, 4.69) is 24.1 Å². The number of benzene rings is 1. The normalized spacial score (nSPS) is 12.7. The molecule has 0 fully saturated rings. The molecule has 0 aromatic heterocycles. The lowest BCUT2D eigenvalue weighted by Crippen LogP contribution is -2.38. The second-order valence-corrected chi connectivity index (χ2v) is 4.83. The highest BCUT2D eigenvalue weighted by atomic mass is 19.1. The van der Waals surface area contributed by atoms with E-state index in [0.717, 1.165) is 19.6 Å². The van der Waals surface area contributed by atoms with Crippen LogP contribution in [-0.2, 0) is 4.79 Å². The Balaban J connectivity index is 2.69. The van der Waals surface area contributed by atoms with E-state index in [1.165, 1.54) is 6.07 Å². The summed E-state index contributed by atoms with van der Waals surface area (Å²) in [6.07, 6.45) is 0. The van der Waals surface area contributed by atoms with Crippen LogP contribution in [0.3, 0.4) is 0 Å². The third-order valence-electron chi connectivity index (χ3n) is 3.48. The third-order valence-corrected chi connectivity index (χ3v) is 3.48. The van der Waals surface area contributed by atoms with E-state index in [4.69, 9.17) is 5.73 Å². The lowest BCUT2D eigenvalue weighted by atomic mass is 10.0. The number of halogens is 1. The Hall–Kier alpha value is -1.46. The van der Waals surface area contributed by atoms with Gasteiger partial charge in [0.2, 0.25) is 5.91 Å². The Bertz CT molecular complexity index is 447. The Labute approximate surface area is 120 Å². The highest BCUT2D eigenvalue weighted by Gasteiger charge is 2.18. The van der Waals surface area contributed by atoms with Crippen LogP contribution in [0.1, 0.15) is 31.0 Å². The fourth-order valence-electron chi connectivity index (χ4n) is 2.08. The number of amides is 1. The molecule has 0 aliphatic carbocycles. The Morgan fingerprint density at radius 2 is 2.05 bits per heavy atom. The van der Waals surface area contributed by atoms with Crippen LogP contribution in [0.25, 0.3) is 0 Å². The van der Waals surface area contributed by atoms with Crippen LogP contribution in [0.5, 0.6) is 0 Å². The predicted octanol–water partition coefficient (Wildman–Crippen LogP) is 1.59. The summed E-state index contributed by atoms with van der Waals surface area (Å²) < 4.78 is 13.6. The fraction of sp³-hybridized carbons (Fsp3) is 0.533. The molecule has 20 heavy (non-hydrogen) atoms. The Morgan fingerprint density at radius 3 is 2.55 bits per heavy atom. The molecular formula is C15H24FN3O. The first kappa shape index (κ1) is 16.6. The van der Waals surface area contributed by atoms with Crippen molar-refractivity contribution < 1.29 is 9.18 Å². The van der Waals surface area contributed by atoms with Gasteiger partial charge in [-0.25, -0.2) is 4.39 Å². The number of rotatable bonds is 8. The first-order valence-electron chi connectivity index (χ1n) is 7.00. The molecule has 1 aromatic rings. The quantitative estimate of drug-likeness (QED) is 0.761. The molecule has 1 unspecified atom stereocenters. The van der Waals surface area contributed by atoms with Gasteiger partial charge in [-0.15, -0.1) is 0 Å². The standard InChI is InChI=1S/C15H24FN3O/c1-4-19(5-2)9-8-18-14(15(17)20)12-7-6-11(3)13(16)10-12/h6-7,10,14,18H,4-5,8-9H2,1-3H3,(H2,17,20). The van der Waals surface area contributed by atoms with Crippen molar-refractivity contribution in [1.29, 1.82) is 0 Å². The molecular weight excluding hydrogens is 257 g/mol. The van der Waals surface area contributed by atoms with Gasteiger partial charge in [0.25, 0.3) is 0 Å². The van der Waals surface area contributed by atoms with E-state index >= 15 is 0 Å². The van der Waals surface area contributed by atoms with Gasteiger partial charge in [-0.1, -0.05) is 26.0 Å². The SMILES string of the molecule is CCN(CC)CCNC(C(N)=O)c1ccc(C)c(F)c1. The topological polar surface area (TPSA) is 58.4 Å². The van der Waals surface area contributed by atoms with Crippen LogP contribution in [0.4, 0.5) is 4.39 Å². The molecule has 4 nitrogen and oxygen atoms in total. The van der Waals surface area contributed by atoms with Gasteiger partial charge in [0.05, 0.1) is 0 Å². The van der Waals surface area contributed by atoms with Crippen molar-refractivity contribution in [2.24, 2.45) is 5.73 Å². The minimum absolute atomic E-state index is 0.320. The van der Waals surface area contributed by atoms with Gasteiger partial charge in [-0.3, -0.25) is 4.79 Å². The average Bonchev–Trinajstić information content (AvgIpc) is 2.42. The van der Waals surface area contributed by atoms with E-state index in [0.29, 0.717) is 17.7 Å². The number of carbonyl (C=O) groups excluding carboxylic acids is 1. The van der Waals surface area contributed by atoms with Crippen LogP contribution in [0, 0.1) is 12.7 Å². The van der Waals surface area contributed by atoms with E-state index in [1.54, 1.807) is 19.1 Å². The second kappa shape index (κ2) is 7.97. The van der Waals surface area contributed by atoms with E-state index in [9.17, 15) is 9.18 Å². The van der Waals surface area contributed by atoms with Crippen molar-refractivity contribution in [2.45, 2.75) is 26.8 Å². The number of nitrogens with one attached hydrogen (secondary N) is 1. The fourth-order valence-corrected chi connectivity index (χ4v) is 2.08. The molecule has 3 N–H and O–H groups in total. The molecule has 0 heterocycles.